The Kier molecular flexibility index (Phi) is 4.72. The Morgan fingerprint density at radius 1 is 1.54 bits per heavy atom. The molecule has 0 rings (SSSR count). The lowest BCUT2D eigenvalue weighted by molar-refractivity contribution is -0.0631. The van der Waals surface area contributed by atoms with Crippen molar-refractivity contribution in [2.75, 3.05) is 20.1 Å². The highest BCUT2D eigenvalue weighted by molar-refractivity contribution is 5.67. The number of nitrogens with one attached hydrogen (secondary N) is 1. The van der Waals surface area contributed by atoms with Crippen molar-refractivity contribution in [3.63, 3.8) is 0 Å². The van der Waals surface area contributed by atoms with Gasteiger partial charge in [-0.2, -0.15) is 5.06 Å². The summed E-state index contributed by atoms with van der Waals surface area (Å²) < 4.78 is 4.97. The van der Waals surface area contributed by atoms with E-state index >= 15 is 0 Å². The van der Waals surface area contributed by atoms with E-state index in [0.717, 1.165) is 5.06 Å². The number of carbonyl (C=O) groups is 1. The van der Waals surface area contributed by atoms with Gasteiger partial charge in [-0.05, 0) is 20.8 Å². The van der Waals surface area contributed by atoms with E-state index in [9.17, 15) is 4.79 Å². The van der Waals surface area contributed by atoms with Crippen LogP contribution in [-0.2, 0) is 4.74 Å². The lowest BCUT2D eigenvalue weighted by Gasteiger charge is -2.19. The van der Waals surface area contributed by atoms with Gasteiger partial charge in [0.15, 0.2) is 0 Å². The molecule has 0 bridgehead atoms. The largest absolute Gasteiger partial charge is 0.444 e. The molecule has 0 fully saturated rings. The van der Waals surface area contributed by atoms with Gasteiger partial charge in [0.05, 0.1) is 0 Å². The zero-order valence-electron chi connectivity index (χ0n) is 8.63. The number of alkyl carbamates (subject to hydrolysis) is 1. The van der Waals surface area contributed by atoms with Gasteiger partial charge in [0.2, 0.25) is 0 Å². The van der Waals surface area contributed by atoms with Gasteiger partial charge in [0.25, 0.3) is 0 Å². The average Bonchev–Trinajstić information content (AvgIpc) is 1.81. The number of nitrogens with zero attached hydrogens (tertiary/aromatic N) is 1. The fourth-order valence-electron chi connectivity index (χ4n) is 0.634. The summed E-state index contributed by atoms with van der Waals surface area (Å²) in [6, 6.07) is 0. The van der Waals surface area contributed by atoms with Crippen molar-refractivity contribution in [2.45, 2.75) is 26.4 Å². The maximum absolute atomic E-state index is 11.0. The predicted octanol–water partition coefficient (Wildman–Crippen LogP) is 0.832. The minimum absolute atomic E-state index is 0.363. The Hall–Kier alpha value is -0.810. The summed E-state index contributed by atoms with van der Waals surface area (Å²) in [4.78, 5) is 11.0. The zero-order valence-corrected chi connectivity index (χ0v) is 8.63. The maximum Gasteiger partial charge on any atom is 0.407 e. The van der Waals surface area contributed by atoms with Crippen molar-refractivity contribution >= 4 is 6.09 Å². The van der Waals surface area contributed by atoms with Gasteiger partial charge in [-0.15, -0.1) is 0 Å². The van der Waals surface area contributed by atoms with Crippen LogP contribution in [0.15, 0.2) is 0 Å². The van der Waals surface area contributed by atoms with Gasteiger partial charge >= 0.3 is 6.09 Å². The van der Waals surface area contributed by atoms with Crippen LogP contribution in [0.4, 0.5) is 4.79 Å². The molecule has 2 N–H and O–H groups in total. The molecule has 0 saturated carbocycles. The SMILES string of the molecule is CN(O)CCNC(=O)OC(C)(C)C. The first kappa shape index (κ1) is 12.2. The second-order valence-electron chi connectivity index (χ2n) is 3.81. The summed E-state index contributed by atoms with van der Waals surface area (Å²) in [6.45, 7) is 6.13. The van der Waals surface area contributed by atoms with E-state index < -0.39 is 11.7 Å². The van der Waals surface area contributed by atoms with Crippen LogP contribution in [0.5, 0.6) is 0 Å². The molecule has 1 amide bonds. The summed E-state index contributed by atoms with van der Waals surface area (Å²) in [5.41, 5.74) is -0.477. The van der Waals surface area contributed by atoms with Crippen LogP contribution in [0.1, 0.15) is 20.8 Å². The van der Waals surface area contributed by atoms with Crippen molar-refractivity contribution in [2.24, 2.45) is 0 Å². The van der Waals surface area contributed by atoms with E-state index in [0.29, 0.717) is 13.1 Å². The molecule has 78 valence electrons. The molecule has 0 heterocycles. The number of hydrogen-bond acceptors (Lipinski definition) is 4. The molecule has 5 nitrogen and oxygen atoms in total. The van der Waals surface area contributed by atoms with E-state index in [1.807, 2.05) is 0 Å². The summed E-state index contributed by atoms with van der Waals surface area (Å²) in [7, 11) is 1.51. The Morgan fingerprint density at radius 2 is 2.08 bits per heavy atom. The number of hydroxylamine groups is 2. The van der Waals surface area contributed by atoms with Gasteiger partial charge in [-0.1, -0.05) is 0 Å². The van der Waals surface area contributed by atoms with Crippen molar-refractivity contribution in [1.82, 2.24) is 10.4 Å². The highest BCUT2D eigenvalue weighted by Gasteiger charge is 2.15. The van der Waals surface area contributed by atoms with Gasteiger partial charge in [-0.3, -0.25) is 0 Å². The van der Waals surface area contributed by atoms with Gasteiger partial charge in [0.1, 0.15) is 5.60 Å². The zero-order chi connectivity index (χ0) is 10.5. The van der Waals surface area contributed by atoms with Gasteiger partial charge < -0.3 is 15.3 Å². The van der Waals surface area contributed by atoms with E-state index in [4.69, 9.17) is 9.94 Å². The number of likely N-dealkylation sites (N-methyl/N-ethyl adjacent to an activating group) is 1. The molecular formula is C8H18N2O3. The molecule has 13 heavy (non-hydrogen) atoms. The minimum atomic E-state index is -0.477. The molecular weight excluding hydrogens is 172 g/mol. The van der Waals surface area contributed by atoms with E-state index in [2.05, 4.69) is 5.32 Å². The summed E-state index contributed by atoms with van der Waals surface area (Å²) >= 11 is 0. The van der Waals surface area contributed by atoms with Crippen molar-refractivity contribution in [3.05, 3.63) is 0 Å². The van der Waals surface area contributed by atoms with Crippen LogP contribution in [0.2, 0.25) is 0 Å². The Balaban J connectivity index is 3.53. The Bertz CT molecular complexity index is 163. The smallest absolute Gasteiger partial charge is 0.407 e. The average molecular weight is 190 g/mol. The molecule has 5 heteroatoms. The van der Waals surface area contributed by atoms with E-state index in [-0.39, 0.29) is 0 Å². The highest BCUT2D eigenvalue weighted by Crippen LogP contribution is 2.05. The lowest BCUT2D eigenvalue weighted by Crippen LogP contribution is -2.36. The number of ether oxygens (including phenoxy) is 1. The molecule has 0 aliphatic heterocycles. The molecule has 0 radical (unpaired) electrons. The summed E-state index contributed by atoms with van der Waals surface area (Å²) in [5.74, 6) is 0. The van der Waals surface area contributed by atoms with Crippen molar-refractivity contribution in [1.29, 1.82) is 0 Å². The maximum atomic E-state index is 11.0. The van der Waals surface area contributed by atoms with Crippen LogP contribution >= 0.6 is 0 Å². The number of hydrogen-bond donors (Lipinski definition) is 2. The van der Waals surface area contributed by atoms with Gasteiger partial charge in [0, 0.05) is 20.1 Å². The highest BCUT2D eigenvalue weighted by atomic mass is 16.6. The second kappa shape index (κ2) is 5.04. The third kappa shape index (κ3) is 9.10. The second-order valence-corrected chi connectivity index (χ2v) is 3.81. The van der Waals surface area contributed by atoms with E-state index in [1.54, 1.807) is 20.8 Å². The number of amides is 1. The molecule has 0 spiro atoms. The predicted molar refractivity (Wildman–Crippen MR) is 48.7 cm³/mol. The fourth-order valence-corrected chi connectivity index (χ4v) is 0.634. The van der Waals surface area contributed by atoms with Crippen LogP contribution in [0.25, 0.3) is 0 Å². The lowest BCUT2D eigenvalue weighted by atomic mass is 10.2. The number of carbonyl (C=O) groups excluding carboxylic acids is 1. The molecule has 0 unspecified atom stereocenters. The third-order valence-electron chi connectivity index (χ3n) is 1.10. The third-order valence-corrected chi connectivity index (χ3v) is 1.10. The summed E-state index contributed by atoms with van der Waals surface area (Å²) in [5, 5.41) is 12.2. The molecule has 0 atom stereocenters. The molecule has 0 aliphatic rings. The first-order chi connectivity index (χ1) is 5.81. The quantitative estimate of drug-likeness (QED) is 0.647. The Labute approximate surface area is 78.6 Å². The van der Waals surface area contributed by atoms with Crippen LogP contribution in [0.3, 0.4) is 0 Å². The molecule has 0 aromatic carbocycles. The van der Waals surface area contributed by atoms with Crippen LogP contribution < -0.4 is 5.32 Å². The van der Waals surface area contributed by atoms with Crippen molar-refractivity contribution < 1.29 is 14.7 Å². The first-order valence-corrected chi connectivity index (χ1v) is 4.18. The molecule has 0 aromatic heterocycles. The van der Waals surface area contributed by atoms with Crippen LogP contribution in [0, 0.1) is 0 Å². The first-order valence-electron chi connectivity index (χ1n) is 4.18. The number of rotatable bonds is 3. The topological polar surface area (TPSA) is 61.8 Å². The van der Waals surface area contributed by atoms with E-state index in [1.165, 1.54) is 7.05 Å². The molecule has 0 aliphatic carbocycles. The standard InChI is InChI=1S/C8H18N2O3/c1-8(2,3)13-7(11)9-5-6-10(4)12/h12H,5-6H2,1-4H3,(H,9,11). The van der Waals surface area contributed by atoms with Gasteiger partial charge in [-0.25, -0.2) is 4.79 Å². The summed E-state index contributed by atoms with van der Waals surface area (Å²) in [6.07, 6.45) is -0.464. The molecule has 0 aromatic rings. The minimum Gasteiger partial charge on any atom is -0.444 e. The normalized spacial score (nSPS) is 11.5. The van der Waals surface area contributed by atoms with Crippen molar-refractivity contribution in [3.8, 4) is 0 Å². The monoisotopic (exact) mass is 190 g/mol. The van der Waals surface area contributed by atoms with Crippen LogP contribution in [-0.4, -0.2) is 42.1 Å². The fraction of sp³-hybridized carbons (Fsp3) is 0.875. The molecule has 0 saturated heterocycles. The Morgan fingerprint density at radius 3 is 2.46 bits per heavy atom.